The van der Waals surface area contributed by atoms with Crippen molar-refractivity contribution in [2.24, 2.45) is 10.1 Å². The van der Waals surface area contributed by atoms with Crippen LogP contribution < -0.4 is 4.80 Å². The maximum absolute atomic E-state index is 8.96. The maximum Gasteiger partial charge on any atom is 0.206 e. The summed E-state index contributed by atoms with van der Waals surface area (Å²) in [6, 6.07) is 17.1. The number of hydrogen-bond donors (Lipinski definition) is 0. The van der Waals surface area contributed by atoms with Crippen molar-refractivity contribution in [1.82, 2.24) is 4.68 Å². The summed E-state index contributed by atoms with van der Waals surface area (Å²) in [7, 11) is 0. The Bertz CT molecular complexity index is 1100. The lowest BCUT2D eigenvalue weighted by atomic mass is 10.2. The third-order valence-electron chi connectivity index (χ3n) is 4.64. The summed E-state index contributed by atoms with van der Waals surface area (Å²) < 4.78 is 7.54. The second kappa shape index (κ2) is 9.19. The van der Waals surface area contributed by atoms with Crippen LogP contribution in [-0.2, 0) is 4.74 Å². The first-order valence-electron chi connectivity index (χ1n) is 9.36. The van der Waals surface area contributed by atoms with Crippen molar-refractivity contribution in [3.63, 3.8) is 0 Å². The normalized spacial score (nSPS) is 17.1. The Balaban J connectivity index is 1.69. The molecule has 1 aliphatic heterocycles. The van der Waals surface area contributed by atoms with E-state index in [9.17, 15) is 0 Å². The zero-order valence-corrected chi connectivity index (χ0v) is 17.2. The predicted molar refractivity (Wildman–Crippen MR) is 116 cm³/mol. The van der Waals surface area contributed by atoms with Crippen LogP contribution in [0, 0.1) is 11.3 Å². The molecule has 2 heterocycles. The lowest BCUT2D eigenvalue weighted by Crippen LogP contribution is -2.17. The highest BCUT2D eigenvalue weighted by Gasteiger charge is 2.15. The molecule has 7 heteroatoms. The van der Waals surface area contributed by atoms with Crippen LogP contribution >= 0.6 is 22.9 Å². The van der Waals surface area contributed by atoms with Crippen molar-refractivity contribution < 1.29 is 4.74 Å². The summed E-state index contributed by atoms with van der Waals surface area (Å²) in [6.45, 7) is 1.45. The summed E-state index contributed by atoms with van der Waals surface area (Å²) in [5.41, 5.74) is 3.50. The van der Waals surface area contributed by atoms with E-state index in [-0.39, 0.29) is 6.10 Å². The van der Waals surface area contributed by atoms with Gasteiger partial charge in [-0.3, -0.25) is 4.99 Å². The van der Waals surface area contributed by atoms with Gasteiger partial charge in [0.25, 0.3) is 0 Å². The molecule has 0 radical (unpaired) electrons. The van der Waals surface area contributed by atoms with E-state index in [4.69, 9.17) is 26.6 Å². The molecule has 4 rings (SSSR count). The molecule has 1 atom stereocenters. The Hall–Kier alpha value is -2.72. The minimum atomic E-state index is 0.187. The van der Waals surface area contributed by atoms with Crippen LogP contribution in [0.2, 0.25) is 5.02 Å². The van der Waals surface area contributed by atoms with Crippen LogP contribution in [0.1, 0.15) is 24.0 Å². The lowest BCUT2D eigenvalue weighted by molar-refractivity contribution is 0.117. The maximum atomic E-state index is 8.96. The molecule has 0 N–H and O–H groups in total. The number of rotatable bonds is 5. The molecule has 0 spiro atoms. The monoisotopic (exact) mass is 422 g/mol. The van der Waals surface area contributed by atoms with Gasteiger partial charge in [-0.25, -0.2) is 4.68 Å². The number of thiazole rings is 1. The summed E-state index contributed by atoms with van der Waals surface area (Å²) in [5.74, 6) is 0. The molecule has 3 aromatic rings. The molecular formula is C22H19ClN4OS. The first-order valence-corrected chi connectivity index (χ1v) is 10.6. The summed E-state index contributed by atoms with van der Waals surface area (Å²) >= 11 is 7.59. The molecule has 1 aliphatic rings. The topological polar surface area (TPSA) is 62.7 Å². The number of nitrogens with zero attached hydrogens (tertiary/aromatic N) is 4. The van der Waals surface area contributed by atoms with Gasteiger partial charge in [-0.05, 0) is 42.7 Å². The van der Waals surface area contributed by atoms with Gasteiger partial charge < -0.3 is 4.74 Å². The largest absolute Gasteiger partial charge is 0.376 e. The molecule has 5 nitrogen and oxygen atoms in total. The third-order valence-corrected chi connectivity index (χ3v) is 5.75. The molecule has 0 bridgehead atoms. The second-order valence-electron chi connectivity index (χ2n) is 6.68. The highest BCUT2D eigenvalue weighted by Crippen LogP contribution is 2.22. The number of ether oxygens (including phenoxy) is 1. The molecule has 0 amide bonds. The number of aromatic nitrogens is 1. The molecule has 1 aromatic heterocycles. The molecule has 2 aromatic carbocycles. The van der Waals surface area contributed by atoms with Crippen LogP contribution in [0.4, 0.5) is 0 Å². The minimum Gasteiger partial charge on any atom is -0.376 e. The Morgan fingerprint density at radius 2 is 2.00 bits per heavy atom. The molecule has 0 saturated carbocycles. The van der Waals surface area contributed by atoms with E-state index >= 15 is 0 Å². The molecule has 1 unspecified atom stereocenters. The third kappa shape index (κ3) is 4.83. The first kappa shape index (κ1) is 19.6. The van der Waals surface area contributed by atoms with Crippen molar-refractivity contribution in [1.29, 1.82) is 5.26 Å². The number of hydrogen-bond acceptors (Lipinski definition) is 5. The van der Waals surface area contributed by atoms with Crippen LogP contribution in [0.15, 0.2) is 64.0 Å². The van der Waals surface area contributed by atoms with Crippen LogP contribution in [-0.4, -0.2) is 30.1 Å². The van der Waals surface area contributed by atoms with Gasteiger partial charge in [0.2, 0.25) is 4.80 Å². The van der Waals surface area contributed by atoms with Gasteiger partial charge in [0.1, 0.15) is 0 Å². The van der Waals surface area contributed by atoms with E-state index in [2.05, 4.69) is 11.2 Å². The van der Waals surface area contributed by atoms with Crippen molar-refractivity contribution in [3.8, 4) is 17.3 Å². The van der Waals surface area contributed by atoms with E-state index in [1.807, 2.05) is 46.5 Å². The second-order valence-corrected chi connectivity index (χ2v) is 7.95. The lowest BCUT2D eigenvalue weighted by Gasteiger charge is -2.06. The van der Waals surface area contributed by atoms with Gasteiger partial charge in [-0.2, -0.15) is 10.4 Å². The van der Waals surface area contributed by atoms with Crippen LogP contribution in [0.5, 0.6) is 0 Å². The fraction of sp³-hybridized carbons (Fsp3) is 0.227. The highest BCUT2D eigenvalue weighted by atomic mass is 35.5. The smallest absolute Gasteiger partial charge is 0.206 e. The quantitative estimate of drug-likeness (QED) is 0.559. The average Bonchev–Trinajstić information content (AvgIpc) is 3.41. The standard InChI is InChI=1S/C22H19ClN4OS/c23-19-9-7-18(8-10-19)21-15-29-22(25-14-20-2-1-11-28-20)27(21)26-13-17-5-3-16(12-24)4-6-17/h3-10,13,15,20H,1-2,11,14H2. The zero-order chi connectivity index (χ0) is 20.1. The Labute approximate surface area is 178 Å². The summed E-state index contributed by atoms with van der Waals surface area (Å²) in [4.78, 5) is 5.58. The molecule has 1 saturated heterocycles. The number of nitriles is 1. The van der Waals surface area contributed by atoms with Gasteiger partial charge in [0.05, 0.1) is 36.2 Å². The molecular weight excluding hydrogens is 404 g/mol. The van der Waals surface area contributed by atoms with Crippen LogP contribution in [0.3, 0.4) is 0 Å². The van der Waals surface area contributed by atoms with Gasteiger partial charge in [-0.15, -0.1) is 11.3 Å². The van der Waals surface area contributed by atoms with Gasteiger partial charge in [0.15, 0.2) is 0 Å². The van der Waals surface area contributed by atoms with Gasteiger partial charge >= 0.3 is 0 Å². The molecule has 1 fully saturated rings. The molecule has 29 heavy (non-hydrogen) atoms. The fourth-order valence-corrected chi connectivity index (χ4v) is 4.05. The van der Waals surface area contributed by atoms with Gasteiger partial charge in [0, 0.05) is 22.6 Å². The van der Waals surface area contributed by atoms with E-state index in [0.29, 0.717) is 17.1 Å². The van der Waals surface area contributed by atoms with E-state index in [1.165, 1.54) is 0 Å². The molecule has 146 valence electrons. The van der Waals surface area contributed by atoms with E-state index in [1.54, 1.807) is 29.7 Å². The summed E-state index contributed by atoms with van der Waals surface area (Å²) in [6.07, 6.45) is 4.11. The van der Waals surface area contributed by atoms with E-state index in [0.717, 1.165) is 41.1 Å². The van der Waals surface area contributed by atoms with Crippen molar-refractivity contribution in [2.75, 3.05) is 13.2 Å². The van der Waals surface area contributed by atoms with Gasteiger partial charge in [-0.1, -0.05) is 35.9 Å². The van der Waals surface area contributed by atoms with E-state index < -0.39 is 0 Å². The number of benzene rings is 2. The predicted octanol–water partition coefficient (Wildman–Crippen LogP) is 4.70. The Kier molecular flexibility index (Phi) is 6.20. The average molecular weight is 423 g/mol. The minimum absolute atomic E-state index is 0.187. The van der Waals surface area contributed by atoms with Crippen molar-refractivity contribution >= 4 is 29.2 Å². The Morgan fingerprint density at radius 3 is 2.69 bits per heavy atom. The molecule has 0 aliphatic carbocycles. The SMILES string of the molecule is N#Cc1ccc(C=Nn2c(-c3ccc(Cl)cc3)csc2=NCC2CCCO2)cc1. The highest BCUT2D eigenvalue weighted by molar-refractivity contribution is 7.07. The number of halogens is 1. The van der Waals surface area contributed by atoms with Crippen molar-refractivity contribution in [2.45, 2.75) is 18.9 Å². The van der Waals surface area contributed by atoms with Crippen LogP contribution in [0.25, 0.3) is 11.3 Å². The first-order chi connectivity index (χ1) is 14.2. The Morgan fingerprint density at radius 1 is 1.21 bits per heavy atom. The fourth-order valence-electron chi connectivity index (χ4n) is 3.07. The summed E-state index contributed by atoms with van der Waals surface area (Å²) in [5, 5.41) is 16.4. The van der Waals surface area contributed by atoms with Crippen molar-refractivity contribution in [3.05, 3.63) is 74.9 Å². The zero-order valence-electron chi connectivity index (χ0n) is 15.7.